The first-order chi connectivity index (χ1) is 15.8. The third-order valence-electron chi connectivity index (χ3n) is 5.30. The molecule has 7 heteroatoms. The molecule has 0 unspecified atom stereocenters. The normalized spacial score (nSPS) is 11.2. The van der Waals surface area contributed by atoms with E-state index in [-0.39, 0.29) is 16.8 Å². The van der Waals surface area contributed by atoms with Crippen LogP contribution in [0.4, 0.5) is 0 Å². The smallest absolute Gasteiger partial charge is 0.231 e. The predicted octanol–water partition coefficient (Wildman–Crippen LogP) is 4.86. The number of hydrogen-bond donors (Lipinski definition) is 1. The Labute approximate surface area is 181 Å². The number of rotatable bonds is 3. The number of fused-ring (bicyclic) bond motifs is 2. The topological polar surface area (TPSA) is 97.6 Å². The van der Waals surface area contributed by atoms with Crippen molar-refractivity contribution in [3.63, 3.8) is 0 Å². The molecule has 0 aliphatic carbocycles. The summed E-state index contributed by atoms with van der Waals surface area (Å²) in [7, 11) is 0. The zero-order valence-electron chi connectivity index (χ0n) is 16.7. The maximum Gasteiger partial charge on any atom is 0.231 e. The van der Waals surface area contributed by atoms with Crippen LogP contribution in [0.3, 0.4) is 0 Å². The Morgan fingerprint density at radius 2 is 1.69 bits per heavy atom. The van der Waals surface area contributed by atoms with Crippen LogP contribution in [0.15, 0.2) is 94.7 Å². The van der Waals surface area contributed by atoms with Gasteiger partial charge in [-0.3, -0.25) is 9.78 Å². The van der Waals surface area contributed by atoms with Crippen molar-refractivity contribution in [2.24, 2.45) is 0 Å². The molecular weight excluding hydrogens is 402 g/mol. The largest absolute Gasteiger partial charge is 0.444 e. The number of oxazole rings is 1. The Balaban J connectivity index is 1.66. The zero-order chi connectivity index (χ0) is 21.5. The highest BCUT2D eigenvalue weighted by molar-refractivity contribution is 5.90. The van der Waals surface area contributed by atoms with Crippen molar-refractivity contribution in [3.8, 4) is 34.0 Å². The average molecular weight is 417 g/mol. The summed E-state index contributed by atoms with van der Waals surface area (Å²) in [5.41, 5.74) is 4.56. The van der Waals surface area contributed by atoms with Gasteiger partial charge in [0.25, 0.3) is 0 Å². The standard InChI is InChI=1S/C25H15N5O2/c31-23-18(25-27-11-12-32-25)14-28-24-22(23)29-21(20(30-24)15-5-2-1-3-6-15)17-8-9-19-16(13-17)7-4-10-26-19/h1-14H,(H,28,30,31). The number of aromatic nitrogens is 5. The number of nitrogens with zero attached hydrogens (tertiary/aromatic N) is 4. The van der Waals surface area contributed by atoms with Gasteiger partial charge in [-0.25, -0.2) is 15.0 Å². The van der Waals surface area contributed by atoms with Gasteiger partial charge in [-0.05, 0) is 18.2 Å². The first-order valence-corrected chi connectivity index (χ1v) is 10.0. The second kappa shape index (κ2) is 7.24. The summed E-state index contributed by atoms with van der Waals surface area (Å²) < 4.78 is 5.32. The molecule has 0 bridgehead atoms. The van der Waals surface area contributed by atoms with Gasteiger partial charge in [0.05, 0.1) is 23.1 Å². The fourth-order valence-corrected chi connectivity index (χ4v) is 3.76. The van der Waals surface area contributed by atoms with Crippen molar-refractivity contribution in [2.75, 3.05) is 0 Å². The molecule has 152 valence electrons. The second-order valence-corrected chi connectivity index (χ2v) is 7.26. The van der Waals surface area contributed by atoms with Gasteiger partial charge < -0.3 is 9.40 Å². The first-order valence-electron chi connectivity index (χ1n) is 10.0. The molecule has 2 aromatic carbocycles. The maximum absolute atomic E-state index is 13.2. The van der Waals surface area contributed by atoms with Crippen LogP contribution in [0.1, 0.15) is 0 Å². The summed E-state index contributed by atoms with van der Waals surface area (Å²) in [5, 5.41) is 0.980. The van der Waals surface area contributed by atoms with Crippen molar-refractivity contribution >= 4 is 22.1 Å². The van der Waals surface area contributed by atoms with Crippen molar-refractivity contribution in [2.45, 2.75) is 0 Å². The number of benzene rings is 2. The van der Waals surface area contributed by atoms with Crippen LogP contribution >= 0.6 is 0 Å². The molecule has 32 heavy (non-hydrogen) atoms. The molecule has 0 atom stereocenters. The molecule has 0 saturated heterocycles. The van der Waals surface area contributed by atoms with Gasteiger partial charge in [-0.15, -0.1) is 0 Å². The molecule has 0 aliphatic heterocycles. The van der Waals surface area contributed by atoms with Crippen LogP contribution < -0.4 is 5.43 Å². The van der Waals surface area contributed by atoms with Crippen LogP contribution in [0.2, 0.25) is 0 Å². The summed E-state index contributed by atoms with van der Waals surface area (Å²) >= 11 is 0. The molecule has 1 N–H and O–H groups in total. The molecule has 0 amide bonds. The van der Waals surface area contributed by atoms with E-state index in [2.05, 4.69) is 15.0 Å². The minimum Gasteiger partial charge on any atom is -0.444 e. The van der Waals surface area contributed by atoms with E-state index in [1.54, 1.807) is 12.4 Å². The van der Waals surface area contributed by atoms with Crippen molar-refractivity contribution in [1.29, 1.82) is 0 Å². The highest BCUT2D eigenvalue weighted by Crippen LogP contribution is 2.31. The van der Waals surface area contributed by atoms with E-state index in [1.165, 1.54) is 12.5 Å². The van der Waals surface area contributed by atoms with Crippen LogP contribution in [0.25, 0.3) is 56.0 Å². The monoisotopic (exact) mass is 417 g/mol. The third-order valence-corrected chi connectivity index (χ3v) is 5.30. The van der Waals surface area contributed by atoms with E-state index < -0.39 is 0 Å². The molecule has 0 aliphatic rings. The Hall–Kier alpha value is -4.65. The molecule has 4 heterocycles. The average Bonchev–Trinajstić information content (AvgIpc) is 3.39. The quantitative estimate of drug-likeness (QED) is 0.442. The van der Waals surface area contributed by atoms with Crippen LogP contribution in [-0.4, -0.2) is 24.9 Å². The van der Waals surface area contributed by atoms with E-state index in [4.69, 9.17) is 14.4 Å². The molecule has 0 spiro atoms. The molecule has 6 rings (SSSR count). The number of aromatic amines is 1. The van der Waals surface area contributed by atoms with Gasteiger partial charge >= 0.3 is 0 Å². The minimum absolute atomic E-state index is 0.224. The first kappa shape index (κ1) is 18.1. The molecule has 6 aromatic rings. The lowest BCUT2D eigenvalue weighted by Gasteiger charge is -2.11. The van der Waals surface area contributed by atoms with Gasteiger partial charge in [-0.1, -0.05) is 42.5 Å². The van der Waals surface area contributed by atoms with Gasteiger partial charge in [0, 0.05) is 28.9 Å². The Kier molecular flexibility index (Phi) is 4.11. The fourth-order valence-electron chi connectivity index (χ4n) is 3.76. The Morgan fingerprint density at radius 1 is 0.812 bits per heavy atom. The Bertz CT molecular complexity index is 1640. The van der Waals surface area contributed by atoms with Gasteiger partial charge in [-0.2, -0.15) is 0 Å². The van der Waals surface area contributed by atoms with E-state index in [0.29, 0.717) is 22.6 Å². The number of hydrogen-bond acceptors (Lipinski definition) is 6. The van der Waals surface area contributed by atoms with Crippen molar-refractivity contribution < 1.29 is 4.42 Å². The molecule has 7 nitrogen and oxygen atoms in total. The molecule has 4 aromatic heterocycles. The molecule has 0 saturated carbocycles. The van der Waals surface area contributed by atoms with Crippen LogP contribution in [-0.2, 0) is 0 Å². The minimum atomic E-state index is -0.294. The maximum atomic E-state index is 13.2. The number of pyridine rings is 2. The highest BCUT2D eigenvalue weighted by atomic mass is 16.3. The van der Waals surface area contributed by atoms with Crippen LogP contribution in [0, 0.1) is 0 Å². The lowest BCUT2D eigenvalue weighted by molar-refractivity contribution is 0.574. The fraction of sp³-hybridized carbons (Fsp3) is 0. The lowest BCUT2D eigenvalue weighted by Crippen LogP contribution is -2.11. The van der Waals surface area contributed by atoms with E-state index in [9.17, 15) is 4.79 Å². The SMILES string of the molecule is O=c1c(-c2ncco2)c[nH]c2nc(-c3ccccc3)c(-c3ccc4ncccc4c3)nc12. The third kappa shape index (κ3) is 2.95. The predicted molar refractivity (Wildman–Crippen MR) is 122 cm³/mol. The number of H-pyrrole nitrogens is 1. The summed E-state index contributed by atoms with van der Waals surface area (Å²) in [5.74, 6) is 0.236. The summed E-state index contributed by atoms with van der Waals surface area (Å²) in [4.78, 5) is 34.4. The summed E-state index contributed by atoms with van der Waals surface area (Å²) in [6.07, 6.45) is 6.24. The molecule has 0 radical (unpaired) electrons. The van der Waals surface area contributed by atoms with E-state index in [0.717, 1.165) is 22.0 Å². The van der Waals surface area contributed by atoms with Gasteiger partial charge in [0.2, 0.25) is 11.3 Å². The van der Waals surface area contributed by atoms with Gasteiger partial charge in [0.1, 0.15) is 11.8 Å². The van der Waals surface area contributed by atoms with Crippen LogP contribution in [0.5, 0.6) is 0 Å². The second-order valence-electron chi connectivity index (χ2n) is 7.26. The molecular formula is C25H15N5O2. The summed E-state index contributed by atoms with van der Waals surface area (Å²) in [6.45, 7) is 0. The Morgan fingerprint density at radius 3 is 2.53 bits per heavy atom. The van der Waals surface area contributed by atoms with Gasteiger partial charge in [0.15, 0.2) is 11.2 Å². The van der Waals surface area contributed by atoms with Crippen molar-refractivity contribution in [3.05, 3.63) is 95.7 Å². The van der Waals surface area contributed by atoms with Crippen molar-refractivity contribution in [1.82, 2.24) is 24.9 Å². The summed E-state index contributed by atoms with van der Waals surface area (Å²) in [6, 6.07) is 19.6. The lowest BCUT2D eigenvalue weighted by atomic mass is 10.0. The zero-order valence-corrected chi connectivity index (χ0v) is 16.7. The van der Waals surface area contributed by atoms with E-state index >= 15 is 0 Å². The molecule has 0 fully saturated rings. The highest BCUT2D eigenvalue weighted by Gasteiger charge is 2.18. The van der Waals surface area contributed by atoms with E-state index in [1.807, 2.05) is 60.7 Å². The number of nitrogens with one attached hydrogen (secondary N) is 1.